The monoisotopic (exact) mass is 310 g/mol. The quantitative estimate of drug-likeness (QED) is 0.904. The minimum absolute atomic E-state index is 0.107. The second kappa shape index (κ2) is 6.67. The zero-order valence-corrected chi connectivity index (χ0v) is 13.9. The third kappa shape index (κ3) is 3.79. The fourth-order valence-corrected chi connectivity index (χ4v) is 4.51. The Morgan fingerprint density at radius 1 is 1.57 bits per heavy atom. The number of ether oxygens (including phenoxy) is 1. The van der Waals surface area contributed by atoms with E-state index in [0.29, 0.717) is 12.0 Å². The molecule has 2 aliphatic rings. The van der Waals surface area contributed by atoms with Crippen LogP contribution >= 0.6 is 11.8 Å². The van der Waals surface area contributed by atoms with E-state index in [2.05, 4.69) is 33.9 Å². The third-order valence-electron chi connectivity index (χ3n) is 4.30. The smallest absolute Gasteiger partial charge is 0.164 e. The molecular weight excluding hydrogens is 284 g/mol. The molecule has 1 aromatic rings. The summed E-state index contributed by atoms with van der Waals surface area (Å²) in [4.78, 5) is 4.45. The molecule has 0 bridgehead atoms. The second-order valence-electron chi connectivity index (χ2n) is 6.65. The first kappa shape index (κ1) is 15.3. The van der Waals surface area contributed by atoms with Crippen LogP contribution in [0.25, 0.3) is 0 Å². The third-order valence-corrected chi connectivity index (χ3v) is 5.52. The highest BCUT2D eigenvalue weighted by atomic mass is 32.2. The van der Waals surface area contributed by atoms with Crippen LogP contribution in [0.4, 0.5) is 0 Å². The number of thioether (sulfide) groups is 1. The molecule has 21 heavy (non-hydrogen) atoms. The molecule has 1 N–H and O–H groups in total. The fourth-order valence-electron chi connectivity index (χ4n) is 3.13. The van der Waals surface area contributed by atoms with Gasteiger partial charge < -0.3 is 10.1 Å². The zero-order valence-electron chi connectivity index (χ0n) is 13.0. The second-order valence-corrected chi connectivity index (χ2v) is 7.75. The van der Waals surface area contributed by atoms with Gasteiger partial charge in [-0.1, -0.05) is 13.8 Å². The fraction of sp³-hybridized carbons (Fsp3) is 0.867. The van der Waals surface area contributed by atoms with Crippen molar-refractivity contribution in [1.82, 2.24) is 20.1 Å². The predicted molar refractivity (Wildman–Crippen MR) is 85.5 cm³/mol. The van der Waals surface area contributed by atoms with Crippen LogP contribution in [0.2, 0.25) is 0 Å². The van der Waals surface area contributed by atoms with Crippen molar-refractivity contribution in [3.8, 4) is 0 Å². The molecule has 0 aliphatic carbocycles. The number of hydrogen-bond donors (Lipinski definition) is 1. The van der Waals surface area contributed by atoms with Gasteiger partial charge in [-0.05, 0) is 37.5 Å². The van der Waals surface area contributed by atoms with E-state index >= 15 is 0 Å². The minimum Gasteiger partial charge on any atom is -0.374 e. The number of nitrogens with zero attached hydrogens (tertiary/aromatic N) is 3. The van der Waals surface area contributed by atoms with Crippen molar-refractivity contribution in [2.75, 3.05) is 24.7 Å². The van der Waals surface area contributed by atoms with E-state index in [1.54, 1.807) is 0 Å². The van der Waals surface area contributed by atoms with E-state index in [9.17, 15) is 0 Å². The molecular formula is C15H26N4OS. The summed E-state index contributed by atoms with van der Waals surface area (Å²) in [6.07, 6.45) is 5.22. The molecule has 1 aromatic heterocycles. The molecule has 2 unspecified atom stereocenters. The molecule has 3 rings (SSSR count). The first-order valence-electron chi connectivity index (χ1n) is 7.99. The summed E-state index contributed by atoms with van der Waals surface area (Å²) in [6.45, 7) is 7.04. The molecule has 118 valence electrons. The minimum atomic E-state index is 0.107. The Kier molecular flexibility index (Phi) is 4.86. The van der Waals surface area contributed by atoms with Gasteiger partial charge in [0.15, 0.2) is 5.82 Å². The highest BCUT2D eigenvalue weighted by Gasteiger charge is 2.41. The lowest BCUT2D eigenvalue weighted by Gasteiger charge is -2.37. The van der Waals surface area contributed by atoms with Crippen molar-refractivity contribution in [2.24, 2.45) is 5.92 Å². The van der Waals surface area contributed by atoms with Crippen LogP contribution in [-0.2, 0) is 11.3 Å². The summed E-state index contributed by atoms with van der Waals surface area (Å²) in [5.41, 5.74) is 0.107. The maximum absolute atomic E-state index is 6.08. The van der Waals surface area contributed by atoms with Crippen LogP contribution in [0.1, 0.15) is 45.0 Å². The normalized spacial score (nSPS) is 29.6. The summed E-state index contributed by atoms with van der Waals surface area (Å²) in [6, 6.07) is 0.448. The van der Waals surface area contributed by atoms with Gasteiger partial charge in [-0.15, -0.1) is 0 Å². The molecule has 1 spiro atoms. The van der Waals surface area contributed by atoms with Crippen LogP contribution in [0.3, 0.4) is 0 Å². The molecule has 2 aliphatic heterocycles. The van der Waals surface area contributed by atoms with Gasteiger partial charge in [0.2, 0.25) is 0 Å². The molecule has 0 amide bonds. The van der Waals surface area contributed by atoms with Crippen molar-refractivity contribution >= 4 is 11.8 Å². The summed E-state index contributed by atoms with van der Waals surface area (Å²) in [7, 11) is 0. The van der Waals surface area contributed by atoms with E-state index < -0.39 is 0 Å². The van der Waals surface area contributed by atoms with E-state index in [1.165, 1.54) is 12.2 Å². The Labute approximate surface area is 131 Å². The first-order chi connectivity index (χ1) is 10.2. The lowest BCUT2D eigenvalue weighted by molar-refractivity contribution is -0.0779. The van der Waals surface area contributed by atoms with E-state index in [-0.39, 0.29) is 5.60 Å². The number of nitrogens with one attached hydrogen (secondary N) is 1. The molecule has 0 aromatic carbocycles. The maximum atomic E-state index is 6.08. The lowest BCUT2D eigenvalue weighted by Crippen LogP contribution is -2.40. The van der Waals surface area contributed by atoms with Crippen LogP contribution in [-0.4, -0.2) is 45.0 Å². The van der Waals surface area contributed by atoms with Gasteiger partial charge in [0, 0.05) is 12.4 Å². The largest absolute Gasteiger partial charge is 0.374 e. The molecule has 6 heteroatoms. The highest BCUT2D eigenvalue weighted by Crippen LogP contribution is 2.41. The Hall–Kier alpha value is -0.590. The van der Waals surface area contributed by atoms with Crippen LogP contribution in [0, 0.1) is 5.92 Å². The summed E-state index contributed by atoms with van der Waals surface area (Å²) in [5, 5.41) is 8.07. The summed E-state index contributed by atoms with van der Waals surface area (Å²) < 4.78 is 8.15. The van der Waals surface area contributed by atoms with Gasteiger partial charge >= 0.3 is 0 Å². The van der Waals surface area contributed by atoms with Crippen LogP contribution in [0.15, 0.2) is 6.33 Å². The highest BCUT2D eigenvalue weighted by molar-refractivity contribution is 7.99. The Balaban J connectivity index is 1.57. The van der Waals surface area contributed by atoms with Gasteiger partial charge in [0.25, 0.3) is 0 Å². The number of aromatic nitrogens is 3. The molecule has 0 saturated carbocycles. The predicted octanol–water partition coefficient (Wildman–Crippen LogP) is 2.25. The van der Waals surface area contributed by atoms with Gasteiger partial charge in [-0.3, -0.25) is 0 Å². The van der Waals surface area contributed by atoms with Gasteiger partial charge in [0.1, 0.15) is 6.33 Å². The van der Waals surface area contributed by atoms with Gasteiger partial charge in [-0.2, -0.15) is 16.9 Å². The van der Waals surface area contributed by atoms with Crippen LogP contribution < -0.4 is 5.32 Å². The Bertz CT molecular complexity index is 456. The number of hydrogen-bond acceptors (Lipinski definition) is 5. The molecule has 2 fully saturated rings. The van der Waals surface area contributed by atoms with E-state index in [4.69, 9.17) is 4.74 Å². The standard InChI is InChI=1S/C15H26N4OS/c1-12(2)8-16-9-14-17-11-19(18-14)13-3-5-20-15(7-13)4-6-21-10-15/h11-13,16H,3-10H2,1-2H3. The van der Waals surface area contributed by atoms with Crippen molar-refractivity contribution in [3.63, 3.8) is 0 Å². The Morgan fingerprint density at radius 2 is 2.48 bits per heavy atom. The van der Waals surface area contributed by atoms with Crippen molar-refractivity contribution in [3.05, 3.63) is 12.2 Å². The maximum Gasteiger partial charge on any atom is 0.164 e. The molecule has 2 saturated heterocycles. The first-order valence-corrected chi connectivity index (χ1v) is 9.15. The van der Waals surface area contributed by atoms with Crippen molar-refractivity contribution in [1.29, 1.82) is 0 Å². The Morgan fingerprint density at radius 3 is 3.24 bits per heavy atom. The molecule has 3 heterocycles. The van der Waals surface area contributed by atoms with E-state index in [1.807, 2.05) is 18.1 Å². The SMILES string of the molecule is CC(C)CNCc1ncn(C2CCOC3(CCSC3)C2)n1. The average molecular weight is 310 g/mol. The average Bonchev–Trinajstić information content (AvgIpc) is 3.09. The van der Waals surface area contributed by atoms with Crippen LogP contribution in [0.5, 0.6) is 0 Å². The number of rotatable bonds is 5. The summed E-state index contributed by atoms with van der Waals surface area (Å²) >= 11 is 2.02. The topological polar surface area (TPSA) is 52.0 Å². The molecule has 2 atom stereocenters. The lowest BCUT2D eigenvalue weighted by atomic mass is 9.90. The van der Waals surface area contributed by atoms with Crippen molar-refractivity contribution < 1.29 is 4.74 Å². The van der Waals surface area contributed by atoms with Gasteiger partial charge in [0.05, 0.1) is 18.2 Å². The zero-order chi connectivity index (χ0) is 14.7. The van der Waals surface area contributed by atoms with Gasteiger partial charge in [-0.25, -0.2) is 9.67 Å². The van der Waals surface area contributed by atoms with E-state index in [0.717, 1.165) is 44.1 Å². The summed E-state index contributed by atoms with van der Waals surface area (Å²) in [5.74, 6) is 3.93. The van der Waals surface area contributed by atoms with Crippen molar-refractivity contribution in [2.45, 2.75) is 51.3 Å². The molecule has 5 nitrogen and oxygen atoms in total. The molecule has 0 radical (unpaired) electrons.